The average Bonchev–Trinajstić information content (AvgIpc) is 2.56. The van der Waals surface area contributed by atoms with E-state index < -0.39 is 23.9 Å². The van der Waals surface area contributed by atoms with Gasteiger partial charge in [0.2, 0.25) is 0 Å². The van der Waals surface area contributed by atoms with Crippen molar-refractivity contribution in [3.05, 3.63) is 39.6 Å². The zero-order valence-corrected chi connectivity index (χ0v) is 14.0. The molecule has 0 saturated heterocycles. The van der Waals surface area contributed by atoms with E-state index in [-0.39, 0.29) is 22.0 Å². The fourth-order valence-corrected chi connectivity index (χ4v) is 4.22. The van der Waals surface area contributed by atoms with Crippen molar-refractivity contribution in [2.45, 2.75) is 12.5 Å². The van der Waals surface area contributed by atoms with E-state index in [4.69, 9.17) is 5.11 Å². The van der Waals surface area contributed by atoms with Gasteiger partial charge in [0.15, 0.2) is 0 Å². The van der Waals surface area contributed by atoms with Gasteiger partial charge in [-0.15, -0.1) is 23.5 Å². The summed E-state index contributed by atoms with van der Waals surface area (Å²) >= 11 is 2.18. The van der Waals surface area contributed by atoms with E-state index in [1.54, 1.807) is 12.1 Å². The van der Waals surface area contributed by atoms with Crippen LogP contribution in [0.3, 0.4) is 0 Å². The Morgan fingerprint density at radius 3 is 2.17 bits per heavy atom. The quantitative estimate of drug-likeness (QED) is 0.591. The third-order valence-corrected chi connectivity index (χ3v) is 5.71. The summed E-state index contributed by atoms with van der Waals surface area (Å²) < 4.78 is 0. The molecular weight excluding hydrogens is 354 g/mol. The Balaban J connectivity index is 2.15. The lowest BCUT2D eigenvalue weighted by Crippen LogP contribution is -2.43. The molecule has 2 rings (SSSR count). The number of amides is 1. The van der Waals surface area contributed by atoms with Crippen molar-refractivity contribution in [3.8, 4) is 5.75 Å². The largest absolute Gasteiger partial charge is 0.508 e. The van der Waals surface area contributed by atoms with Gasteiger partial charge >= 0.3 is 11.9 Å². The van der Waals surface area contributed by atoms with Crippen molar-refractivity contribution in [2.24, 2.45) is 0 Å². The minimum absolute atomic E-state index is 0.0227. The lowest BCUT2D eigenvalue weighted by molar-refractivity contribution is -0.141. The molecule has 1 aliphatic rings. The van der Waals surface area contributed by atoms with E-state index in [0.29, 0.717) is 17.1 Å². The second-order valence-electron chi connectivity index (χ2n) is 4.90. The summed E-state index contributed by atoms with van der Waals surface area (Å²) in [6.45, 7) is 0. The molecule has 1 heterocycles. The highest BCUT2D eigenvalue weighted by Crippen LogP contribution is 2.34. The number of phenolic OH excluding ortho intramolecular Hbond substituents is 1. The van der Waals surface area contributed by atoms with E-state index in [1.165, 1.54) is 12.1 Å². The normalized spacial score (nSPS) is 15.7. The fourth-order valence-electron chi connectivity index (χ4n) is 2.04. The number of carboxylic acid groups (broad SMARTS) is 2. The fraction of sp³-hybridized carbons (Fsp3) is 0.267. The van der Waals surface area contributed by atoms with Crippen LogP contribution < -0.4 is 5.32 Å². The highest BCUT2D eigenvalue weighted by atomic mass is 32.2. The average molecular weight is 369 g/mol. The van der Waals surface area contributed by atoms with Gasteiger partial charge in [-0.25, -0.2) is 9.59 Å². The van der Waals surface area contributed by atoms with E-state index in [1.807, 2.05) is 0 Å². The van der Waals surface area contributed by atoms with Gasteiger partial charge in [-0.05, 0) is 17.7 Å². The number of benzene rings is 1. The third kappa shape index (κ3) is 4.68. The maximum absolute atomic E-state index is 12.3. The number of thioether (sulfide) groups is 2. The molecule has 0 fully saturated rings. The number of carbonyl (C=O) groups is 3. The van der Waals surface area contributed by atoms with Crippen molar-refractivity contribution in [1.29, 1.82) is 0 Å². The zero-order valence-electron chi connectivity index (χ0n) is 12.4. The number of aliphatic carboxylic acids is 2. The molecule has 0 saturated carbocycles. The van der Waals surface area contributed by atoms with E-state index in [2.05, 4.69) is 5.32 Å². The number of hydrogen-bond acceptors (Lipinski definition) is 6. The Kier molecular flexibility index (Phi) is 6.16. The summed E-state index contributed by atoms with van der Waals surface area (Å²) in [4.78, 5) is 34.9. The molecule has 24 heavy (non-hydrogen) atoms. The molecule has 9 heteroatoms. The van der Waals surface area contributed by atoms with Crippen LogP contribution in [0.25, 0.3) is 0 Å². The molecule has 0 spiro atoms. The standard InChI is InChI=1S/C15H15NO6S2/c17-9-3-1-8(2-4-9)7-10(14(19)20)16-13(18)11-12(15(21)22)24-6-5-23-11/h1-4,10,17H,5-7H2,(H,16,18)(H,19,20)(H,21,22)/t10-/m0/s1. The Morgan fingerprint density at radius 2 is 1.62 bits per heavy atom. The minimum atomic E-state index is -1.22. The lowest BCUT2D eigenvalue weighted by Gasteiger charge is -2.19. The Labute approximate surface area is 146 Å². The summed E-state index contributed by atoms with van der Waals surface area (Å²) in [5, 5.41) is 30.1. The van der Waals surface area contributed by atoms with Crippen molar-refractivity contribution in [2.75, 3.05) is 11.5 Å². The minimum Gasteiger partial charge on any atom is -0.508 e. The van der Waals surface area contributed by atoms with E-state index in [9.17, 15) is 24.6 Å². The molecule has 0 unspecified atom stereocenters. The van der Waals surface area contributed by atoms with Gasteiger partial charge < -0.3 is 20.6 Å². The first kappa shape index (κ1) is 18.2. The molecule has 1 aromatic rings. The summed E-state index contributed by atoms with van der Waals surface area (Å²) in [6, 6.07) is 4.77. The number of rotatable bonds is 6. The smallest absolute Gasteiger partial charge is 0.343 e. The predicted molar refractivity (Wildman–Crippen MR) is 91.0 cm³/mol. The number of aromatic hydroxyl groups is 1. The van der Waals surface area contributed by atoms with Gasteiger partial charge in [-0.2, -0.15) is 0 Å². The zero-order chi connectivity index (χ0) is 17.7. The molecule has 1 aliphatic heterocycles. The van der Waals surface area contributed by atoms with Crippen LogP contribution in [0.2, 0.25) is 0 Å². The van der Waals surface area contributed by atoms with Crippen LogP contribution >= 0.6 is 23.5 Å². The molecule has 0 radical (unpaired) electrons. The monoisotopic (exact) mass is 369 g/mol. The molecule has 0 aromatic heterocycles. The molecule has 1 amide bonds. The van der Waals surface area contributed by atoms with Gasteiger partial charge in [0.05, 0.1) is 4.91 Å². The highest BCUT2D eigenvalue weighted by molar-refractivity contribution is 8.11. The maximum Gasteiger partial charge on any atom is 0.343 e. The molecule has 0 bridgehead atoms. The first-order valence-electron chi connectivity index (χ1n) is 6.93. The molecule has 1 aromatic carbocycles. The van der Waals surface area contributed by atoms with Crippen LogP contribution in [0.5, 0.6) is 5.75 Å². The van der Waals surface area contributed by atoms with Crippen LogP contribution in [0.4, 0.5) is 0 Å². The molecule has 0 aliphatic carbocycles. The molecule has 128 valence electrons. The topological polar surface area (TPSA) is 124 Å². The van der Waals surface area contributed by atoms with Crippen molar-refractivity contribution in [1.82, 2.24) is 5.32 Å². The SMILES string of the molecule is O=C(O)C1=C(C(=O)N[C@@H](Cc2ccc(O)cc2)C(=O)O)SCCS1. The van der Waals surface area contributed by atoms with Crippen LogP contribution in [-0.2, 0) is 20.8 Å². The number of carbonyl (C=O) groups excluding carboxylic acids is 1. The number of phenols is 1. The third-order valence-electron chi connectivity index (χ3n) is 3.16. The number of hydrogen-bond donors (Lipinski definition) is 4. The summed E-state index contributed by atoms with van der Waals surface area (Å²) in [6.07, 6.45) is 0.0227. The molecule has 4 N–H and O–H groups in total. The van der Waals surface area contributed by atoms with E-state index >= 15 is 0 Å². The Hall–Kier alpha value is -2.13. The highest BCUT2D eigenvalue weighted by Gasteiger charge is 2.28. The molecule has 7 nitrogen and oxygen atoms in total. The summed E-state index contributed by atoms with van der Waals surface area (Å²) in [5.74, 6) is -1.89. The Morgan fingerprint density at radius 1 is 1.04 bits per heavy atom. The van der Waals surface area contributed by atoms with Crippen molar-refractivity contribution >= 4 is 41.4 Å². The van der Waals surface area contributed by atoms with Gasteiger partial charge in [0, 0.05) is 17.9 Å². The summed E-state index contributed by atoms with van der Waals surface area (Å²) in [7, 11) is 0. The van der Waals surface area contributed by atoms with E-state index in [0.717, 1.165) is 23.5 Å². The first-order chi connectivity index (χ1) is 11.4. The molecule has 1 atom stereocenters. The number of nitrogens with one attached hydrogen (secondary N) is 1. The lowest BCUT2D eigenvalue weighted by atomic mass is 10.1. The van der Waals surface area contributed by atoms with Gasteiger partial charge in [0.1, 0.15) is 16.7 Å². The molecular formula is C15H15NO6S2. The second kappa shape index (κ2) is 8.11. The van der Waals surface area contributed by atoms with Gasteiger partial charge in [-0.1, -0.05) is 12.1 Å². The maximum atomic E-state index is 12.3. The van der Waals surface area contributed by atoms with Crippen molar-refractivity contribution < 1.29 is 29.7 Å². The van der Waals surface area contributed by atoms with Gasteiger partial charge in [-0.3, -0.25) is 4.79 Å². The second-order valence-corrected chi connectivity index (χ2v) is 7.11. The van der Waals surface area contributed by atoms with Gasteiger partial charge in [0.25, 0.3) is 5.91 Å². The van der Waals surface area contributed by atoms with Crippen LogP contribution in [0, 0.1) is 0 Å². The first-order valence-corrected chi connectivity index (χ1v) is 8.90. The summed E-state index contributed by atoms with van der Waals surface area (Å²) in [5.41, 5.74) is 0.624. The van der Waals surface area contributed by atoms with Crippen molar-refractivity contribution in [3.63, 3.8) is 0 Å². The van der Waals surface area contributed by atoms with Crippen LogP contribution in [-0.4, -0.2) is 50.7 Å². The Bertz CT molecular complexity index is 686. The number of carboxylic acids is 2. The predicted octanol–water partition coefficient (Wildman–Crippen LogP) is 1.28. The van der Waals surface area contributed by atoms with Crippen LogP contribution in [0.1, 0.15) is 5.56 Å². The van der Waals surface area contributed by atoms with Crippen LogP contribution in [0.15, 0.2) is 34.1 Å².